The summed E-state index contributed by atoms with van der Waals surface area (Å²) in [6, 6.07) is 0. The highest BCUT2D eigenvalue weighted by Crippen LogP contribution is 1.49. The van der Waals surface area contributed by atoms with Crippen LogP contribution in [0.2, 0.25) is 0 Å². The maximum absolute atomic E-state index is 8.00. The van der Waals surface area contributed by atoms with Gasteiger partial charge in [0.2, 0.25) is 12.2 Å². The average Bonchev–Trinajstić information content (AvgIpc) is 2.08. The third kappa shape index (κ3) is 145. The highest BCUT2D eigenvalue weighted by Gasteiger charge is 1.67. The minimum Gasteiger partial charge on any atom is -0.369 e. The summed E-state index contributed by atoms with van der Waals surface area (Å²) in [5.41, 5.74) is 19.2. The molecule has 0 aliphatic heterocycles. The first-order valence-electron chi connectivity index (χ1n) is 2.85. The Hall–Kier alpha value is -1.40. The maximum Gasteiger partial charge on any atom is 0.209 e. The van der Waals surface area contributed by atoms with Crippen molar-refractivity contribution < 1.29 is 4.79 Å². The second-order valence-corrected chi connectivity index (χ2v) is 1.21. The van der Waals surface area contributed by atoms with E-state index in [1.807, 2.05) is 6.79 Å². The zero-order chi connectivity index (χ0) is 10.4. The Bertz CT molecular complexity index is 140. The van der Waals surface area contributed by atoms with Crippen LogP contribution in [-0.4, -0.2) is 25.8 Å². The molecule has 0 aromatic carbocycles. The van der Waals surface area contributed by atoms with Crippen LogP contribution in [0, 0.1) is 11.5 Å². The summed E-state index contributed by atoms with van der Waals surface area (Å²) in [4.78, 5) is 10.9. The first-order valence-corrected chi connectivity index (χ1v) is 2.85. The lowest BCUT2D eigenvalue weighted by Gasteiger charge is -1.74. The van der Waals surface area contributed by atoms with Crippen molar-refractivity contribution in [3.05, 3.63) is 0 Å². The van der Waals surface area contributed by atoms with Crippen molar-refractivity contribution in [2.75, 3.05) is 13.1 Å². The first kappa shape index (κ1) is 29.4. The fourth-order valence-electron chi connectivity index (χ4n) is 0.0577. The van der Waals surface area contributed by atoms with Crippen LogP contribution in [0.3, 0.4) is 0 Å². The lowest BCUT2D eigenvalue weighted by atomic mass is 10.7. The van der Waals surface area contributed by atoms with Gasteiger partial charge in [-0.1, -0.05) is 0 Å². The van der Waals surface area contributed by atoms with Crippen LogP contribution >= 0.6 is 12.4 Å². The van der Waals surface area contributed by atoms with Gasteiger partial charge in [-0.15, -0.1) is 17.4 Å². The second-order valence-electron chi connectivity index (χ2n) is 1.21. The van der Waals surface area contributed by atoms with Crippen molar-refractivity contribution >= 4 is 25.2 Å². The van der Waals surface area contributed by atoms with Gasteiger partial charge in [0.1, 0.15) is 6.79 Å². The lowest BCUT2D eigenvalue weighted by Crippen LogP contribution is -2.21. The quantitative estimate of drug-likeness (QED) is 0.195. The van der Waals surface area contributed by atoms with Gasteiger partial charge in [-0.3, -0.25) is 0 Å². The standard InChI is InChI=1S/C2H4N4.C2H8N2.CH2O.ClH.H3N/c3-1-6-2(4)5;3-1-2-4;1-2;;/h(H4,4,5,6);1-4H2;1H2;1H;1H3. The molecule has 0 fully saturated rings. The molecule has 0 atom stereocenters. The Morgan fingerprint density at radius 3 is 1.57 bits per heavy atom. The summed E-state index contributed by atoms with van der Waals surface area (Å²) >= 11 is 0. The van der Waals surface area contributed by atoms with Gasteiger partial charge in [-0.25, -0.2) is 0 Å². The largest absolute Gasteiger partial charge is 0.369 e. The van der Waals surface area contributed by atoms with E-state index in [1.165, 1.54) is 6.19 Å². The van der Waals surface area contributed by atoms with E-state index in [9.17, 15) is 0 Å². The molecule has 0 amide bonds. The number of halogens is 1. The number of carbonyl (C=O) groups is 1. The SMILES string of the molecule is C=O.Cl.N.N#CN=C(N)N.NCCN. The molecule has 0 aromatic rings. The first-order chi connectivity index (χ1) is 5.68. The molecule has 0 spiro atoms. The van der Waals surface area contributed by atoms with Crippen molar-refractivity contribution in [1.82, 2.24) is 6.15 Å². The molecule has 0 aliphatic rings. The molecule has 86 valence electrons. The van der Waals surface area contributed by atoms with E-state index >= 15 is 0 Å². The van der Waals surface area contributed by atoms with Gasteiger partial charge < -0.3 is 33.9 Å². The normalized spacial score (nSPS) is 4.93. The van der Waals surface area contributed by atoms with Gasteiger partial charge in [0.15, 0.2) is 0 Å². The molecule has 11 N–H and O–H groups in total. The molecule has 0 unspecified atom stereocenters. The molecule has 9 heteroatoms. The number of nitrogens with two attached hydrogens (primary N) is 4. The number of hydrogen-bond donors (Lipinski definition) is 5. The Morgan fingerprint density at radius 1 is 1.29 bits per heavy atom. The minimum atomic E-state index is -0.197. The molecule has 0 heterocycles. The van der Waals surface area contributed by atoms with Crippen molar-refractivity contribution in [3.8, 4) is 6.19 Å². The van der Waals surface area contributed by atoms with Crippen LogP contribution in [0.5, 0.6) is 0 Å². The zero-order valence-corrected chi connectivity index (χ0v) is 8.67. The highest BCUT2D eigenvalue weighted by atomic mass is 35.5. The lowest BCUT2D eigenvalue weighted by molar-refractivity contribution is -0.0979. The molecule has 0 saturated heterocycles. The Labute approximate surface area is 89.3 Å². The monoisotopic (exact) mass is 227 g/mol. The smallest absolute Gasteiger partial charge is 0.209 e. The van der Waals surface area contributed by atoms with Crippen LogP contribution in [0.15, 0.2) is 4.99 Å². The maximum atomic E-state index is 8.00. The van der Waals surface area contributed by atoms with Crippen LogP contribution in [-0.2, 0) is 4.79 Å². The van der Waals surface area contributed by atoms with Crippen molar-refractivity contribution in [1.29, 1.82) is 5.26 Å². The minimum absolute atomic E-state index is 0. The summed E-state index contributed by atoms with van der Waals surface area (Å²) < 4.78 is 0. The average molecular weight is 228 g/mol. The van der Waals surface area contributed by atoms with Crippen molar-refractivity contribution in [3.63, 3.8) is 0 Å². The molecule has 0 bridgehead atoms. The molecule has 8 nitrogen and oxygen atoms in total. The number of guanidine groups is 1. The third-order valence-electron chi connectivity index (χ3n) is 0.346. The predicted octanol–water partition coefficient (Wildman–Crippen LogP) is -1.96. The van der Waals surface area contributed by atoms with Gasteiger partial charge in [0.25, 0.3) is 0 Å². The van der Waals surface area contributed by atoms with Gasteiger partial charge >= 0.3 is 0 Å². The summed E-state index contributed by atoms with van der Waals surface area (Å²) in [5, 5.41) is 7.64. The highest BCUT2D eigenvalue weighted by molar-refractivity contribution is 5.85. The Kier molecular flexibility index (Phi) is 87.1. The second kappa shape index (κ2) is 41.6. The summed E-state index contributed by atoms with van der Waals surface area (Å²) in [7, 11) is 0. The van der Waals surface area contributed by atoms with Crippen molar-refractivity contribution in [2.45, 2.75) is 0 Å². The number of nitriles is 1. The molecular formula is C5H18ClN7O. The van der Waals surface area contributed by atoms with Crippen molar-refractivity contribution in [2.24, 2.45) is 27.9 Å². The van der Waals surface area contributed by atoms with E-state index in [0.29, 0.717) is 13.1 Å². The molecular weight excluding hydrogens is 210 g/mol. The molecule has 0 saturated carbocycles. The van der Waals surface area contributed by atoms with Crippen LogP contribution in [0.4, 0.5) is 0 Å². The van der Waals surface area contributed by atoms with E-state index in [0.717, 1.165) is 0 Å². The van der Waals surface area contributed by atoms with E-state index < -0.39 is 0 Å². The number of aliphatic imine (C=N–C) groups is 1. The topological polar surface area (TPSA) is 192 Å². The molecule has 0 rings (SSSR count). The molecule has 0 aliphatic carbocycles. The van der Waals surface area contributed by atoms with Gasteiger partial charge in [0.05, 0.1) is 0 Å². The Morgan fingerprint density at radius 2 is 1.57 bits per heavy atom. The molecule has 0 aromatic heterocycles. The van der Waals surface area contributed by atoms with Gasteiger partial charge in [-0.05, 0) is 0 Å². The number of carbonyl (C=O) groups excluding carboxylic acids is 1. The van der Waals surface area contributed by atoms with Crippen LogP contribution in [0.25, 0.3) is 0 Å². The Balaban J connectivity index is -0.0000000302. The third-order valence-corrected chi connectivity index (χ3v) is 0.346. The fourth-order valence-corrected chi connectivity index (χ4v) is 0.0577. The van der Waals surface area contributed by atoms with Crippen LogP contribution < -0.4 is 29.1 Å². The van der Waals surface area contributed by atoms with Gasteiger partial charge in [0, 0.05) is 13.1 Å². The summed E-state index contributed by atoms with van der Waals surface area (Å²) in [6.45, 7) is 3.19. The van der Waals surface area contributed by atoms with Crippen LogP contribution in [0.1, 0.15) is 0 Å². The van der Waals surface area contributed by atoms with E-state index in [-0.39, 0.29) is 24.5 Å². The molecule has 0 radical (unpaired) electrons. The fraction of sp³-hybridized carbons (Fsp3) is 0.400. The summed E-state index contributed by atoms with van der Waals surface area (Å²) in [6.07, 6.45) is 1.41. The predicted molar refractivity (Wildman–Crippen MR) is 58.9 cm³/mol. The van der Waals surface area contributed by atoms with E-state index in [1.54, 1.807) is 0 Å². The molecule has 14 heavy (non-hydrogen) atoms. The zero-order valence-electron chi connectivity index (χ0n) is 7.85. The summed E-state index contributed by atoms with van der Waals surface area (Å²) in [5.74, 6) is -0.197. The van der Waals surface area contributed by atoms with E-state index in [2.05, 4.69) is 4.99 Å². The number of rotatable bonds is 1. The number of nitrogens with zero attached hydrogens (tertiary/aromatic N) is 2. The van der Waals surface area contributed by atoms with Gasteiger partial charge in [-0.2, -0.15) is 5.26 Å². The number of hydrogen-bond acceptors (Lipinski definition) is 6. The van der Waals surface area contributed by atoms with E-state index in [4.69, 9.17) is 33.0 Å².